The summed E-state index contributed by atoms with van der Waals surface area (Å²) >= 11 is 0. The fourth-order valence-electron chi connectivity index (χ4n) is 1.61. The van der Waals surface area contributed by atoms with Gasteiger partial charge in [0.25, 0.3) is 6.17 Å². The van der Waals surface area contributed by atoms with Gasteiger partial charge in [-0.25, -0.2) is 0 Å². The second-order valence-corrected chi connectivity index (χ2v) is 3.39. The quantitative estimate of drug-likeness (QED) is 0.630. The van der Waals surface area contributed by atoms with Crippen molar-refractivity contribution in [3.05, 3.63) is 55.0 Å². The highest BCUT2D eigenvalue weighted by atomic mass is 16.2. The summed E-state index contributed by atoms with van der Waals surface area (Å²) in [5.74, 6) is 0.0388. The van der Waals surface area contributed by atoms with Crippen molar-refractivity contribution in [2.75, 3.05) is 0 Å². The molecule has 0 aliphatic carbocycles. The van der Waals surface area contributed by atoms with E-state index in [9.17, 15) is 4.79 Å². The van der Waals surface area contributed by atoms with Gasteiger partial charge in [0.05, 0.1) is 0 Å². The molecule has 1 aliphatic heterocycles. The van der Waals surface area contributed by atoms with Crippen LogP contribution in [0.15, 0.2) is 55.0 Å². The Morgan fingerprint density at radius 1 is 1.20 bits per heavy atom. The van der Waals surface area contributed by atoms with Gasteiger partial charge in [0.15, 0.2) is 12.4 Å². The van der Waals surface area contributed by atoms with Gasteiger partial charge in [-0.3, -0.25) is 9.69 Å². The minimum atomic E-state index is -0.0475. The highest BCUT2D eigenvalue weighted by molar-refractivity contribution is 5.74. The van der Waals surface area contributed by atoms with E-state index in [-0.39, 0.29) is 12.1 Å². The van der Waals surface area contributed by atoms with Crippen LogP contribution in [0, 0.1) is 0 Å². The summed E-state index contributed by atoms with van der Waals surface area (Å²) < 4.78 is 1.99. The summed E-state index contributed by atoms with van der Waals surface area (Å²) in [6.07, 6.45) is 11.4. The van der Waals surface area contributed by atoms with Gasteiger partial charge in [-0.15, -0.1) is 0 Å². The molecule has 1 unspecified atom stereocenters. The second-order valence-electron chi connectivity index (χ2n) is 3.39. The van der Waals surface area contributed by atoms with Crippen molar-refractivity contribution in [2.24, 2.45) is 0 Å². The zero-order valence-corrected chi connectivity index (χ0v) is 8.58. The van der Waals surface area contributed by atoms with E-state index < -0.39 is 0 Å². The van der Waals surface area contributed by atoms with Crippen LogP contribution in [0.3, 0.4) is 0 Å². The summed E-state index contributed by atoms with van der Waals surface area (Å²) in [6.45, 7) is 1.57. The molecule has 2 heterocycles. The lowest BCUT2D eigenvalue weighted by atomic mass is 10.2. The van der Waals surface area contributed by atoms with Crippen LogP contribution in [0.5, 0.6) is 0 Å². The normalized spacial score (nSPS) is 19.3. The monoisotopic (exact) mass is 201 g/mol. The molecular formula is C12H13N2O+. The molecule has 0 fully saturated rings. The van der Waals surface area contributed by atoms with Crippen LogP contribution in [0.25, 0.3) is 0 Å². The number of hydrogen-bond donors (Lipinski definition) is 0. The van der Waals surface area contributed by atoms with Gasteiger partial charge in [-0.1, -0.05) is 12.1 Å². The Bertz CT molecular complexity index is 409. The molecule has 15 heavy (non-hydrogen) atoms. The number of pyridine rings is 1. The van der Waals surface area contributed by atoms with Crippen molar-refractivity contribution in [3.8, 4) is 0 Å². The van der Waals surface area contributed by atoms with E-state index in [2.05, 4.69) is 0 Å². The summed E-state index contributed by atoms with van der Waals surface area (Å²) in [7, 11) is 0. The Morgan fingerprint density at radius 3 is 2.60 bits per heavy atom. The minimum Gasteiger partial charge on any atom is -0.275 e. The van der Waals surface area contributed by atoms with Gasteiger partial charge in [0.2, 0.25) is 5.91 Å². The predicted molar refractivity (Wildman–Crippen MR) is 56.5 cm³/mol. The highest BCUT2D eigenvalue weighted by Crippen LogP contribution is 2.13. The lowest BCUT2D eigenvalue weighted by Gasteiger charge is -2.22. The van der Waals surface area contributed by atoms with Crippen LogP contribution in [-0.4, -0.2) is 10.8 Å². The van der Waals surface area contributed by atoms with Gasteiger partial charge < -0.3 is 0 Å². The fourth-order valence-corrected chi connectivity index (χ4v) is 1.61. The second kappa shape index (κ2) is 4.09. The van der Waals surface area contributed by atoms with Crippen LogP contribution >= 0.6 is 0 Å². The van der Waals surface area contributed by atoms with Crippen molar-refractivity contribution >= 4 is 5.91 Å². The summed E-state index contributed by atoms with van der Waals surface area (Å²) in [5, 5.41) is 0. The first-order valence-electron chi connectivity index (χ1n) is 4.89. The molecule has 0 radical (unpaired) electrons. The number of aromatic nitrogens is 1. The summed E-state index contributed by atoms with van der Waals surface area (Å²) in [6, 6.07) is 5.85. The molecule has 1 atom stereocenters. The lowest BCUT2D eigenvalue weighted by molar-refractivity contribution is -0.727. The zero-order chi connectivity index (χ0) is 10.7. The Labute approximate surface area is 89.0 Å². The fraction of sp³-hybridized carbons (Fsp3) is 0.167. The summed E-state index contributed by atoms with van der Waals surface area (Å²) in [5.41, 5.74) is 0. The van der Waals surface area contributed by atoms with E-state index in [1.807, 2.05) is 53.4 Å². The number of hydrogen-bond acceptors (Lipinski definition) is 1. The largest absolute Gasteiger partial charge is 0.275 e. The molecule has 0 saturated heterocycles. The molecule has 0 bridgehead atoms. The maximum Gasteiger partial charge on any atom is 0.259 e. The maximum atomic E-state index is 11.4. The average Bonchev–Trinajstić information content (AvgIpc) is 2.30. The molecule has 76 valence electrons. The molecule has 1 aromatic heterocycles. The molecule has 0 spiro atoms. The summed E-state index contributed by atoms with van der Waals surface area (Å²) in [4.78, 5) is 13.1. The zero-order valence-electron chi connectivity index (χ0n) is 8.58. The molecule has 0 aromatic carbocycles. The highest BCUT2D eigenvalue weighted by Gasteiger charge is 2.25. The first kappa shape index (κ1) is 9.65. The molecule has 0 N–H and O–H groups in total. The third-order valence-corrected chi connectivity index (χ3v) is 2.33. The SMILES string of the molecule is CC(=O)N1C=CC=CC1[n+]1ccccc1. The van der Waals surface area contributed by atoms with Crippen LogP contribution < -0.4 is 4.57 Å². The molecule has 3 heteroatoms. The van der Waals surface area contributed by atoms with Crippen molar-refractivity contribution in [2.45, 2.75) is 13.1 Å². The van der Waals surface area contributed by atoms with Crippen molar-refractivity contribution in [3.63, 3.8) is 0 Å². The number of nitrogens with zero attached hydrogens (tertiary/aromatic N) is 2. The van der Waals surface area contributed by atoms with Crippen LogP contribution in [0.2, 0.25) is 0 Å². The van der Waals surface area contributed by atoms with Crippen molar-refractivity contribution in [1.82, 2.24) is 4.90 Å². The third-order valence-electron chi connectivity index (χ3n) is 2.33. The Morgan fingerprint density at radius 2 is 1.93 bits per heavy atom. The van der Waals surface area contributed by atoms with Crippen LogP contribution in [0.4, 0.5) is 0 Å². The number of allylic oxidation sites excluding steroid dienone is 2. The van der Waals surface area contributed by atoms with Crippen LogP contribution in [0.1, 0.15) is 13.1 Å². The van der Waals surface area contributed by atoms with Gasteiger partial charge in [-0.2, -0.15) is 4.57 Å². The van der Waals surface area contributed by atoms with Crippen LogP contribution in [-0.2, 0) is 4.79 Å². The number of carbonyl (C=O) groups excluding carboxylic acids is 1. The van der Waals surface area contributed by atoms with Gasteiger partial charge in [-0.05, 0) is 6.08 Å². The topological polar surface area (TPSA) is 24.2 Å². The average molecular weight is 201 g/mol. The van der Waals surface area contributed by atoms with E-state index in [0.717, 1.165) is 0 Å². The smallest absolute Gasteiger partial charge is 0.259 e. The van der Waals surface area contributed by atoms with Crippen molar-refractivity contribution in [1.29, 1.82) is 0 Å². The number of rotatable bonds is 1. The van der Waals surface area contributed by atoms with Gasteiger partial charge >= 0.3 is 0 Å². The molecule has 1 aliphatic rings. The molecule has 1 aromatic rings. The Balaban J connectivity index is 2.32. The molecular weight excluding hydrogens is 188 g/mol. The molecule has 3 nitrogen and oxygen atoms in total. The van der Waals surface area contributed by atoms with E-state index in [1.165, 1.54) is 0 Å². The first-order chi connectivity index (χ1) is 7.29. The maximum absolute atomic E-state index is 11.4. The standard InChI is InChI=1S/C12H13N2O/c1-11(15)14-10-6-3-7-12(14)13-8-4-2-5-9-13/h2-10,12H,1H3/q+1. The van der Waals surface area contributed by atoms with Gasteiger partial charge in [0, 0.05) is 31.3 Å². The third kappa shape index (κ3) is 1.96. The molecule has 1 amide bonds. The number of amides is 1. The van der Waals surface area contributed by atoms with E-state index in [4.69, 9.17) is 0 Å². The van der Waals surface area contributed by atoms with E-state index in [0.29, 0.717) is 0 Å². The van der Waals surface area contributed by atoms with E-state index in [1.54, 1.807) is 18.0 Å². The minimum absolute atomic E-state index is 0.0388. The van der Waals surface area contributed by atoms with E-state index >= 15 is 0 Å². The Hall–Kier alpha value is -1.90. The lowest BCUT2D eigenvalue weighted by Crippen LogP contribution is -2.48. The van der Waals surface area contributed by atoms with Crippen molar-refractivity contribution < 1.29 is 9.36 Å². The number of carbonyl (C=O) groups is 1. The predicted octanol–water partition coefficient (Wildman–Crippen LogP) is 1.40. The first-order valence-corrected chi connectivity index (χ1v) is 4.89. The van der Waals surface area contributed by atoms with Gasteiger partial charge in [0.1, 0.15) is 0 Å². The Kier molecular flexibility index (Phi) is 2.63. The molecule has 0 saturated carbocycles. The molecule has 2 rings (SSSR count).